The van der Waals surface area contributed by atoms with E-state index in [0.717, 1.165) is 42.5 Å². The zero-order chi connectivity index (χ0) is 32.8. The van der Waals surface area contributed by atoms with Gasteiger partial charge in [0, 0.05) is 43.9 Å². The summed E-state index contributed by atoms with van der Waals surface area (Å²) in [4.78, 5) is 41.0. The van der Waals surface area contributed by atoms with Crippen molar-refractivity contribution >= 4 is 57.8 Å². The number of halogens is 2. The van der Waals surface area contributed by atoms with Crippen LogP contribution in [0.3, 0.4) is 0 Å². The molecule has 2 amide bonds. The first-order chi connectivity index (χ1) is 22.1. The van der Waals surface area contributed by atoms with Gasteiger partial charge in [-0.25, -0.2) is 13.6 Å². The lowest BCUT2D eigenvalue weighted by Gasteiger charge is -2.26. The van der Waals surface area contributed by atoms with Crippen molar-refractivity contribution in [1.82, 2.24) is 9.80 Å². The smallest absolute Gasteiger partial charge is 0.335 e. The highest BCUT2D eigenvalue weighted by Crippen LogP contribution is 2.37. The lowest BCUT2D eigenvalue weighted by atomic mass is 9.98. The van der Waals surface area contributed by atoms with E-state index in [9.17, 15) is 23.2 Å². The van der Waals surface area contributed by atoms with E-state index in [1.54, 1.807) is 12.1 Å². The number of nitrogens with zero attached hydrogens (tertiary/aromatic N) is 2. The lowest BCUT2D eigenvalue weighted by molar-refractivity contribution is -0.122. The maximum absolute atomic E-state index is 14.1. The average molecular weight is 668 g/mol. The van der Waals surface area contributed by atoms with Gasteiger partial charge in [-0.05, 0) is 78.2 Å². The molecule has 9 nitrogen and oxygen atoms in total. The molecule has 0 saturated carbocycles. The van der Waals surface area contributed by atoms with Crippen LogP contribution >= 0.6 is 24.0 Å². The summed E-state index contributed by atoms with van der Waals surface area (Å²) in [6.45, 7) is 5.90. The zero-order valence-electron chi connectivity index (χ0n) is 24.9. The van der Waals surface area contributed by atoms with Crippen LogP contribution < -0.4 is 10.1 Å². The van der Waals surface area contributed by atoms with Crippen molar-refractivity contribution in [2.45, 2.75) is 13.3 Å². The van der Waals surface area contributed by atoms with Gasteiger partial charge in [0.2, 0.25) is 5.91 Å². The third-order valence-corrected chi connectivity index (χ3v) is 8.83. The standard InChI is InChI=1S/C33H31F2N3O6S2/c1-20-16-23(22-4-7-26(34)27(35)18-22)17-24(30(20)44-15-12-37-10-13-43-14-11-37)19-28-31(40)38(33(45)46-28)9-8-29(39)36-25-5-2-21(3-6-25)32(41)42/h2-7,16-19H,8-15H2,1H3,(H,36,39)(H,41,42). The Hall–Kier alpha value is -4.17. The Morgan fingerprint density at radius 1 is 1.04 bits per heavy atom. The molecule has 0 bridgehead atoms. The Kier molecular flexibility index (Phi) is 10.8. The first kappa shape index (κ1) is 33.2. The van der Waals surface area contributed by atoms with E-state index < -0.39 is 17.6 Å². The van der Waals surface area contributed by atoms with E-state index in [1.165, 1.54) is 35.2 Å². The van der Waals surface area contributed by atoms with Crippen LogP contribution in [0, 0.1) is 18.6 Å². The number of aryl methyl sites for hydroxylation is 1. The molecule has 0 unspecified atom stereocenters. The Labute approximate surface area is 274 Å². The van der Waals surface area contributed by atoms with Gasteiger partial charge in [0.05, 0.1) is 23.7 Å². The van der Waals surface area contributed by atoms with Gasteiger partial charge in [0.25, 0.3) is 5.91 Å². The van der Waals surface area contributed by atoms with Crippen molar-refractivity contribution in [3.8, 4) is 16.9 Å². The number of morpholine rings is 1. The molecule has 2 heterocycles. The molecular weight excluding hydrogens is 637 g/mol. The fourth-order valence-electron chi connectivity index (χ4n) is 5.02. The fraction of sp³-hybridized carbons (Fsp3) is 0.273. The molecule has 2 aliphatic heterocycles. The van der Waals surface area contributed by atoms with E-state index >= 15 is 0 Å². The highest BCUT2D eigenvalue weighted by molar-refractivity contribution is 8.26. The minimum atomic E-state index is -1.07. The number of carboxylic acids is 1. The van der Waals surface area contributed by atoms with Crippen LogP contribution in [0.4, 0.5) is 14.5 Å². The number of nitrogens with one attached hydrogen (secondary N) is 1. The number of anilines is 1. The molecule has 2 aliphatic rings. The Balaban J connectivity index is 1.33. The number of rotatable bonds is 11. The highest BCUT2D eigenvalue weighted by atomic mass is 32.2. The molecule has 0 aliphatic carbocycles. The van der Waals surface area contributed by atoms with Crippen LogP contribution in [0.5, 0.6) is 5.75 Å². The molecular formula is C33H31F2N3O6S2. The van der Waals surface area contributed by atoms with Crippen molar-refractivity contribution in [2.75, 3.05) is 51.3 Å². The SMILES string of the molecule is Cc1cc(-c2ccc(F)c(F)c2)cc(C=C2SC(=S)N(CCC(=O)Nc3ccc(C(=O)O)cc3)C2=O)c1OCCN1CCOCC1. The first-order valence-corrected chi connectivity index (χ1v) is 15.7. The predicted octanol–water partition coefficient (Wildman–Crippen LogP) is 5.58. The Morgan fingerprint density at radius 3 is 2.48 bits per heavy atom. The molecule has 2 N–H and O–H groups in total. The van der Waals surface area contributed by atoms with Crippen molar-refractivity contribution in [3.05, 3.63) is 87.8 Å². The molecule has 2 saturated heterocycles. The summed E-state index contributed by atoms with van der Waals surface area (Å²) in [5, 5.41) is 11.7. The normalized spacial score (nSPS) is 16.2. The minimum absolute atomic E-state index is 0.0396. The predicted molar refractivity (Wildman–Crippen MR) is 176 cm³/mol. The molecule has 5 rings (SSSR count). The number of benzene rings is 3. The Bertz CT molecular complexity index is 1690. The van der Waals surface area contributed by atoms with Crippen LogP contribution in [0.25, 0.3) is 17.2 Å². The largest absolute Gasteiger partial charge is 0.491 e. The number of hydrogen-bond acceptors (Lipinski definition) is 8. The summed E-state index contributed by atoms with van der Waals surface area (Å²) in [5.74, 6) is -3.17. The number of thioether (sulfide) groups is 1. The minimum Gasteiger partial charge on any atom is -0.491 e. The lowest BCUT2D eigenvalue weighted by Crippen LogP contribution is -2.38. The van der Waals surface area contributed by atoms with Gasteiger partial charge >= 0.3 is 5.97 Å². The van der Waals surface area contributed by atoms with Crippen molar-refractivity contribution in [3.63, 3.8) is 0 Å². The summed E-state index contributed by atoms with van der Waals surface area (Å²) < 4.78 is 39.7. The molecule has 46 heavy (non-hydrogen) atoms. The van der Waals surface area contributed by atoms with Gasteiger partial charge in [-0.15, -0.1) is 0 Å². The number of aromatic carboxylic acids is 1. The monoisotopic (exact) mass is 667 g/mol. The molecule has 240 valence electrons. The van der Waals surface area contributed by atoms with Gasteiger partial charge in [-0.1, -0.05) is 30.0 Å². The number of carboxylic acid groups (broad SMARTS) is 1. The van der Waals surface area contributed by atoms with Crippen LogP contribution in [-0.2, 0) is 14.3 Å². The van der Waals surface area contributed by atoms with Crippen molar-refractivity contribution < 1.29 is 37.7 Å². The summed E-state index contributed by atoms with van der Waals surface area (Å²) >= 11 is 6.57. The van der Waals surface area contributed by atoms with E-state index in [0.29, 0.717) is 59.4 Å². The molecule has 0 spiro atoms. The zero-order valence-corrected chi connectivity index (χ0v) is 26.5. The second kappa shape index (κ2) is 14.9. The third kappa shape index (κ3) is 8.15. The van der Waals surface area contributed by atoms with E-state index in [4.69, 9.17) is 26.8 Å². The van der Waals surface area contributed by atoms with E-state index in [-0.39, 0.29) is 34.7 Å². The second-order valence-electron chi connectivity index (χ2n) is 10.7. The maximum atomic E-state index is 14.1. The third-order valence-electron chi connectivity index (χ3n) is 7.45. The quantitative estimate of drug-likeness (QED) is 0.200. The molecule has 0 atom stereocenters. The van der Waals surface area contributed by atoms with Crippen LogP contribution in [0.15, 0.2) is 59.5 Å². The van der Waals surface area contributed by atoms with E-state index in [2.05, 4.69) is 10.2 Å². The summed E-state index contributed by atoms with van der Waals surface area (Å²) in [5.41, 5.74) is 2.93. The van der Waals surface area contributed by atoms with Crippen LogP contribution in [0.2, 0.25) is 0 Å². The van der Waals surface area contributed by atoms with E-state index in [1.807, 2.05) is 13.0 Å². The number of carbonyl (C=O) groups excluding carboxylic acids is 2. The van der Waals surface area contributed by atoms with Gasteiger partial charge in [-0.3, -0.25) is 19.4 Å². The number of carbonyl (C=O) groups is 3. The van der Waals surface area contributed by atoms with Crippen molar-refractivity contribution in [1.29, 1.82) is 0 Å². The molecule has 13 heteroatoms. The van der Waals surface area contributed by atoms with Gasteiger partial charge < -0.3 is 19.9 Å². The fourth-order valence-corrected chi connectivity index (χ4v) is 6.32. The molecule has 2 fully saturated rings. The van der Waals surface area contributed by atoms with Gasteiger partial charge in [0.15, 0.2) is 11.6 Å². The highest BCUT2D eigenvalue weighted by Gasteiger charge is 2.32. The number of thiocarbonyl (C=S) groups is 1. The number of hydrogen-bond donors (Lipinski definition) is 2. The number of amides is 2. The molecule has 0 radical (unpaired) electrons. The topological polar surface area (TPSA) is 108 Å². The molecule has 0 aromatic heterocycles. The second-order valence-corrected chi connectivity index (χ2v) is 12.3. The first-order valence-electron chi connectivity index (χ1n) is 14.5. The summed E-state index contributed by atoms with van der Waals surface area (Å²) in [6.07, 6.45) is 1.63. The molecule has 3 aromatic rings. The van der Waals surface area contributed by atoms with Crippen molar-refractivity contribution in [2.24, 2.45) is 0 Å². The van der Waals surface area contributed by atoms with Gasteiger partial charge in [0.1, 0.15) is 16.7 Å². The van der Waals surface area contributed by atoms with Crippen LogP contribution in [0.1, 0.15) is 27.9 Å². The Morgan fingerprint density at radius 2 is 1.78 bits per heavy atom. The summed E-state index contributed by atoms with van der Waals surface area (Å²) in [6, 6.07) is 13.0. The average Bonchev–Trinajstić information content (AvgIpc) is 3.30. The van der Waals surface area contributed by atoms with Crippen LogP contribution in [-0.4, -0.2) is 83.0 Å². The number of ether oxygens (including phenoxy) is 2. The maximum Gasteiger partial charge on any atom is 0.335 e. The summed E-state index contributed by atoms with van der Waals surface area (Å²) in [7, 11) is 0. The molecule has 3 aromatic carbocycles. The van der Waals surface area contributed by atoms with Gasteiger partial charge in [-0.2, -0.15) is 0 Å².